The number of aliphatic imine (C=N–C) groups is 1. The number of alkyl halides is 3. The molecule has 1 aliphatic heterocycles. The molecule has 0 saturated carbocycles. The molecule has 0 atom stereocenters. The molecular weight excluding hydrogens is 404 g/mol. The zero-order valence-corrected chi connectivity index (χ0v) is 15.6. The summed E-state index contributed by atoms with van der Waals surface area (Å²) in [6.07, 6.45) is -2.89. The molecule has 1 amide bonds. The van der Waals surface area contributed by atoms with Crippen LogP contribution in [0.3, 0.4) is 0 Å². The third-order valence-corrected chi connectivity index (χ3v) is 4.39. The quantitative estimate of drug-likeness (QED) is 0.521. The number of rotatable bonds is 4. The van der Waals surface area contributed by atoms with E-state index in [4.69, 9.17) is 5.73 Å². The van der Waals surface area contributed by atoms with Crippen molar-refractivity contribution in [1.29, 1.82) is 0 Å². The van der Waals surface area contributed by atoms with E-state index in [1.54, 1.807) is 6.07 Å². The van der Waals surface area contributed by atoms with E-state index in [1.165, 1.54) is 12.3 Å². The summed E-state index contributed by atoms with van der Waals surface area (Å²) in [7, 11) is 0. The Morgan fingerprint density at radius 1 is 1.27 bits per heavy atom. The summed E-state index contributed by atoms with van der Waals surface area (Å²) < 4.78 is 52.3. The van der Waals surface area contributed by atoms with Crippen LogP contribution in [0.25, 0.3) is 0 Å². The van der Waals surface area contributed by atoms with Crippen LogP contribution in [-0.2, 0) is 17.4 Å². The van der Waals surface area contributed by atoms with E-state index >= 15 is 0 Å². The lowest BCUT2D eigenvalue weighted by molar-refractivity contribution is -0.137. The smallest absolute Gasteiger partial charge is 0.399 e. The molecule has 1 fully saturated rings. The Morgan fingerprint density at radius 3 is 2.73 bits per heavy atom. The minimum Gasteiger partial charge on any atom is -0.399 e. The molecule has 30 heavy (non-hydrogen) atoms. The van der Waals surface area contributed by atoms with Crippen LogP contribution in [0.1, 0.15) is 23.2 Å². The number of nitrogens with two attached hydrogens (primary N) is 1. The van der Waals surface area contributed by atoms with Crippen molar-refractivity contribution in [2.45, 2.75) is 19.0 Å². The normalized spacial score (nSPS) is 17.8. The average molecular weight is 422 g/mol. The minimum atomic E-state index is -4.66. The number of piperidine rings is 1. The van der Waals surface area contributed by atoms with Crippen molar-refractivity contribution in [2.75, 3.05) is 13.2 Å². The van der Waals surface area contributed by atoms with Gasteiger partial charge in [-0.15, -0.1) is 0 Å². The number of halogens is 4. The third kappa shape index (κ3) is 5.01. The predicted molar refractivity (Wildman–Crippen MR) is 101 cm³/mol. The molecule has 0 radical (unpaired) electrons. The molecule has 6 nitrogen and oxygen atoms in total. The number of amides is 1. The third-order valence-electron chi connectivity index (χ3n) is 4.39. The highest BCUT2D eigenvalue weighted by atomic mass is 19.4. The zero-order chi connectivity index (χ0) is 21.9. The van der Waals surface area contributed by atoms with Gasteiger partial charge < -0.3 is 16.2 Å². The molecule has 10 heteroatoms. The van der Waals surface area contributed by atoms with Crippen molar-refractivity contribution >= 4 is 17.3 Å². The number of pyridine rings is 1. The summed E-state index contributed by atoms with van der Waals surface area (Å²) in [5.41, 5.74) is 6.01. The Morgan fingerprint density at radius 2 is 2.03 bits per heavy atom. The highest BCUT2D eigenvalue weighted by Crippen LogP contribution is 2.31. The molecule has 158 valence electrons. The summed E-state index contributed by atoms with van der Waals surface area (Å²) in [6, 6.07) is 5.42. The van der Waals surface area contributed by atoms with E-state index in [0.717, 1.165) is 12.1 Å². The first kappa shape index (κ1) is 21.4. The van der Waals surface area contributed by atoms with Gasteiger partial charge in [-0.25, -0.2) is 4.39 Å². The Hall–Kier alpha value is -3.27. The summed E-state index contributed by atoms with van der Waals surface area (Å²) in [4.78, 5) is 20.6. The van der Waals surface area contributed by atoms with E-state index in [1.807, 2.05) is 0 Å². The lowest BCUT2D eigenvalue weighted by Gasteiger charge is -2.19. The highest BCUT2D eigenvalue weighted by Gasteiger charge is 2.31. The molecule has 4 N–H and O–H groups in total. The van der Waals surface area contributed by atoms with Gasteiger partial charge in [0.15, 0.2) is 0 Å². The summed E-state index contributed by atoms with van der Waals surface area (Å²) >= 11 is 0. The van der Waals surface area contributed by atoms with E-state index in [-0.39, 0.29) is 23.3 Å². The number of nitrogens with zero attached hydrogens (tertiary/aromatic N) is 2. The first-order chi connectivity index (χ1) is 14.2. The molecule has 0 unspecified atom stereocenters. The van der Waals surface area contributed by atoms with E-state index in [2.05, 4.69) is 15.3 Å². The van der Waals surface area contributed by atoms with Gasteiger partial charge in [0.25, 0.3) is 5.91 Å². The molecule has 2 aromatic rings. The van der Waals surface area contributed by atoms with Crippen LogP contribution < -0.4 is 11.1 Å². The largest absolute Gasteiger partial charge is 0.416 e. The van der Waals surface area contributed by atoms with Crippen LogP contribution in [0, 0.1) is 5.82 Å². The maximum Gasteiger partial charge on any atom is 0.416 e. The van der Waals surface area contributed by atoms with E-state index in [9.17, 15) is 27.5 Å². The number of hydrogen-bond donors (Lipinski definition) is 3. The molecule has 1 aromatic carbocycles. The number of carbonyl (C=O) groups excluding carboxylic acids is 1. The van der Waals surface area contributed by atoms with Gasteiger partial charge in [-0.1, -0.05) is 0 Å². The SMILES string of the molecule is N/C(CO)=C1/C(=O)NCCC1=Nc1ccnc(Cc2cc(F)cc(C(F)(F)F)c2)c1. The van der Waals surface area contributed by atoms with Gasteiger partial charge in [-0.3, -0.25) is 14.8 Å². The first-order valence-corrected chi connectivity index (χ1v) is 8.94. The highest BCUT2D eigenvalue weighted by molar-refractivity contribution is 6.24. The van der Waals surface area contributed by atoms with Crippen molar-refractivity contribution in [3.05, 3.63) is 70.4 Å². The van der Waals surface area contributed by atoms with Gasteiger partial charge in [-0.2, -0.15) is 13.2 Å². The van der Waals surface area contributed by atoms with Crippen LogP contribution in [0.15, 0.2) is 52.8 Å². The number of hydrogen-bond acceptors (Lipinski definition) is 5. The van der Waals surface area contributed by atoms with Gasteiger partial charge >= 0.3 is 6.18 Å². The van der Waals surface area contributed by atoms with Crippen LogP contribution in [0.4, 0.5) is 23.2 Å². The fourth-order valence-corrected chi connectivity index (χ4v) is 3.07. The van der Waals surface area contributed by atoms with Crippen molar-refractivity contribution in [1.82, 2.24) is 10.3 Å². The van der Waals surface area contributed by atoms with Crippen molar-refractivity contribution < 1.29 is 27.5 Å². The summed E-state index contributed by atoms with van der Waals surface area (Å²) in [5.74, 6) is -1.43. The predicted octanol–water partition coefficient (Wildman–Crippen LogP) is 2.63. The monoisotopic (exact) mass is 422 g/mol. The second-order valence-electron chi connectivity index (χ2n) is 6.65. The molecule has 3 rings (SSSR count). The standard InChI is InChI=1S/C20H18F4N4O2/c21-13-6-11(5-12(8-13)20(22,23)24)7-15-9-14(1-3-26-15)28-17-2-4-27-19(30)18(17)16(25)10-29/h1,3,5-6,8-9,29H,2,4,7,10,25H2,(H,27,30)/b18-16+,28-17?. The summed E-state index contributed by atoms with van der Waals surface area (Å²) in [5, 5.41) is 11.9. The second kappa shape index (κ2) is 8.62. The van der Waals surface area contributed by atoms with E-state index in [0.29, 0.717) is 36.1 Å². The van der Waals surface area contributed by atoms with Gasteiger partial charge in [0.2, 0.25) is 0 Å². The summed E-state index contributed by atoms with van der Waals surface area (Å²) in [6.45, 7) is -0.161. The first-order valence-electron chi connectivity index (χ1n) is 8.94. The average Bonchev–Trinajstić information content (AvgIpc) is 2.67. The fraction of sp³-hybridized carbons (Fsp3) is 0.250. The van der Waals surface area contributed by atoms with Gasteiger partial charge in [0.1, 0.15) is 5.82 Å². The topological polar surface area (TPSA) is 101 Å². The van der Waals surface area contributed by atoms with E-state index < -0.39 is 30.1 Å². The molecule has 1 aromatic heterocycles. The van der Waals surface area contributed by atoms with Crippen molar-refractivity contribution in [2.24, 2.45) is 10.7 Å². The van der Waals surface area contributed by atoms with Gasteiger partial charge in [-0.05, 0) is 35.9 Å². The minimum absolute atomic E-state index is 0.0142. The molecule has 1 aliphatic rings. The van der Waals surface area contributed by atoms with Gasteiger partial charge in [0.05, 0.1) is 29.1 Å². The number of aromatic nitrogens is 1. The van der Waals surface area contributed by atoms with Gasteiger partial charge in [0, 0.05) is 37.0 Å². The Labute approximate surface area is 169 Å². The zero-order valence-electron chi connectivity index (χ0n) is 15.6. The Balaban J connectivity index is 1.91. The second-order valence-corrected chi connectivity index (χ2v) is 6.65. The molecular formula is C20H18F4N4O2. The number of aliphatic hydroxyl groups is 1. The maximum absolute atomic E-state index is 13.6. The lowest BCUT2D eigenvalue weighted by atomic mass is 10.0. The molecule has 1 saturated heterocycles. The number of benzene rings is 1. The molecule has 0 bridgehead atoms. The number of carbonyl (C=O) groups is 1. The maximum atomic E-state index is 13.6. The molecule has 0 aliphatic carbocycles. The Kier molecular flexibility index (Phi) is 6.16. The van der Waals surface area contributed by atoms with Crippen LogP contribution in [-0.4, -0.2) is 34.9 Å². The van der Waals surface area contributed by atoms with Crippen LogP contribution in [0.2, 0.25) is 0 Å². The number of aliphatic hydroxyl groups excluding tert-OH is 1. The van der Waals surface area contributed by atoms with Crippen LogP contribution in [0.5, 0.6) is 0 Å². The Bertz CT molecular complexity index is 1030. The molecule has 2 heterocycles. The lowest BCUT2D eigenvalue weighted by Crippen LogP contribution is -2.38. The van der Waals surface area contributed by atoms with Crippen molar-refractivity contribution in [3.8, 4) is 0 Å². The van der Waals surface area contributed by atoms with Crippen LogP contribution >= 0.6 is 0 Å². The van der Waals surface area contributed by atoms with Crippen molar-refractivity contribution in [3.63, 3.8) is 0 Å². The fourth-order valence-electron chi connectivity index (χ4n) is 3.07. The number of nitrogens with one attached hydrogen (secondary N) is 1. The molecule has 0 spiro atoms.